The average molecular weight is 646 g/mol. The lowest BCUT2D eigenvalue weighted by Crippen LogP contribution is -2.41. The van der Waals surface area contributed by atoms with Gasteiger partial charge in [-0.3, -0.25) is 14.4 Å². The molecule has 2 N–H and O–H groups in total. The summed E-state index contributed by atoms with van der Waals surface area (Å²) in [7, 11) is -4.18. The molecule has 0 aliphatic carbocycles. The van der Waals surface area contributed by atoms with Gasteiger partial charge in [0.05, 0.1) is 10.8 Å². The maximum Gasteiger partial charge on any atom is 0.264 e. The van der Waals surface area contributed by atoms with Crippen LogP contribution >= 0.6 is 12.6 Å². The summed E-state index contributed by atoms with van der Waals surface area (Å²) in [6.45, 7) is 3.19. The normalized spacial score (nSPS) is 11.9. The molecule has 0 spiro atoms. The van der Waals surface area contributed by atoms with E-state index in [1.807, 2.05) is 11.6 Å². The maximum atomic E-state index is 15.4. The van der Waals surface area contributed by atoms with E-state index in [-0.39, 0.29) is 71.6 Å². The van der Waals surface area contributed by atoms with E-state index in [1.54, 1.807) is 30.3 Å². The highest BCUT2D eigenvalue weighted by atomic mass is 32.2. The average Bonchev–Trinajstić information content (AvgIpc) is 2.99. The minimum atomic E-state index is -4.18. The van der Waals surface area contributed by atoms with E-state index in [0.717, 1.165) is 13.3 Å². The van der Waals surface area contributed by atoms with Gasteiger partial charge in [-0.25, -0.2) is 21.9 Å². The molecule has 3 amide bonds. The van der Waals surface area contributed by atoms with Crippen molar-refractivity contribution in [1.82, 2.24) is 14.9 Å². The Labute approximate surface area is 262 Å². The molecular weight excluding hydrogens is 608 g/mol. The summed E-state index contributed by atoms with van der Waals surface area (Å²) in [6.07, 6.45) is 1.87. The second-order valence-electron chi connectivity index (χ2n) is 10.3. The summed E-state index contributed by atoms with van der Waals surface area (Å²) in [6, 6.07) is 16.4. The van der Waals surface area contributed by atoms with Crippen LogP contribution < -0.4 is 10.0 Å². The molecule has 0 bridgehead atoms. The predicted octanol–water partition coefficient (Wildman–Crippen LogP) is 4.88. The van der Waals surface area contributed by atoms with Crippen LogP contribution in [-0.4, -0.2) is 49.9 Å². The van der Waals surface area contributed by atoms with Crippen LogP contribution in [0.5, 0.6) is 0 Å². The standard InChI is InChI=1S/C32H37F2N3O5S2/c1-3-4-13-31(39)37(17-16-35-32(40)26(21-43)18-24-9-5-7-11-28(24)33)20-25-15-14-23(19-29(25)34)27-10-6-8-12-30(27)44(41,42)36-22(2)38/h5-12,14-15,19,26,43H,3-4,13,16-18,20-21H2,1-2H3,(H,35,40)(H,36,38)/t26-/m1/s1. The highest BCUT2D eigenvalue weighted by Crippen LogP contribution is 2.29. The van der Waals surface area contributed by atoms with Crippen molar-refractivity contribution >= 4 is 40.4 Å². The van der Waals surface area contributed by atoms with Crippen LogP contribution in [0.25, 0.3) is 11.1 Å². The van der Waals surface area contributed by atoms with Gasteiger partial charge in [-0.15, -0.1) is 0 Å². The fourth-order valence-corrected chi connectivity index (χ4v) is 6.15. The summed E-state index contributed by atoms with van der Waals surface area (Å²) in [5, 5.41) is 2.79. The third-order valence-electron chi connectivity index (χ3n) is 6.97. The summed E-state index contributed by atoms with van der Waals surface area (Å²) in [5.74, 6) is -2.71. The first kappa shape index (κ1) is 34.7. The van der Waals surface area contributed by atoms with Gasteiger partial charge in [0.2, 0.25) is 17.7 Å². The molecular formula is C32H37F2N3O5S2. The number of rotatable bonds is 15. The van der Waals surface area contributed by atoms with E-state index in [4.69, 9.17) is 0 Å². The highest BCUT2D eigenvalue weighted by Gasteiger charge is 2.23. The van der Waals surface area contributed by atoms with Crippen LogP contribution in [0.15, 0.2) is 71.6 Å². The minimum absolute atomic E-state index is 0.0679. The van der Waals surface area contributed by atoms with Crippen molar-refractivity contribution in [3.05, 3.63) is 89.5 Å². The Bertz CT molecular complexity index is 1580. The molecule has 3 aromatic rings. The Hall–Kier alpha value is -3.77. The number of carbonyl (C=O) groups excluding carboxylic acids is 3. The Kier molecular flexibility index (Phi) is 12.9. The molecule has 0 aromatic heterocycles. The van der Waals surface area contributed by atoms with Gasteiger partial charge in [-0.1, -0.05) is 61.9 Å². The quantitative estimate of drug-likeness (QED) is 0.204. The maximum absolute atomic E-state index is 15.4. The van der Waals surface area contributed by atoms with Crippen LogP contribution in [0.1, 0.15) is 44.2 Å². The molecule has 3 aromatic carbocycles. The number of unbranched alkanes of at least 4 members (excludes halogenated alkanes) is 1. The van der Waals surface area contributed by atoms with Crippen LogP contribution in [0.3, 0.4) is 0 Å². The molecule has 0 aliphatic heterocycles. The number of benzene rings is 3. The first-order valence-corrected chi connectivity index (χ1v) is 16.4. The highest BCUT2D eigenvalue weighted by molar-refractivity contribution is 7.90. The number of halogens is 2. The Morgan fingerprint density at radius 3 is 2.32 bits per heavy atom. The van der Waals surface area contributed by atoms with Gasteiger partial charge >= 0.3 is 0 Å². The summed E-state index contributed by atoms with van der Waals surface area (Å²) in [4.78, 5) is 38.6. The number of sulfonamides is 1. The smallest absolute Gasteiger partial charge is 0.264 e. The summed E-state index contributed by atoms with van der Waals surface area (Å²) >= 11 is 4.26. The fourth-order valence-electron chi connectivity index (χ4n) is 4.64. The number of nitrogens with one attached hydrogen (secondary N) is 2. The van der Waals surface area contributed by atoms with Crippen molar-refractivity contribution < 1.29 is 31.6 Å². The van der Waals surface area contributed by atoms with Gasteiger partial charge < -0.3 is 10.2 Å². The number of amides is 3. The molecule has 0 heterocycles. The molecule has 0 saturated heterocycles. The first-order chi connectivity index (χ1) is 21.0. The van der Waals surface area contributed by atoms with Crippen molar-refractivity contribution in [3.8, 4) is 11.1 Å². The van der Waals surface area contributed by atoms with Gasteiger partial charge in [0.25, 0.3) is 10.0 Å². The van der Waals surface area contributed by atoms with E-state index in [9.17, 15) is 27.2 Å². The zero-order valence-corrected chi connectivity index (χ0v) is 26.4. The summed E-state index contributed by atoms with van der Waals surface area (Å²) < 4.78 is 56.8. The minimum Gasteiger partial charge on any atom is -0.354 e. The second-order valence-corrected chi connectivity index (χ2v) is 12.4. The molecule has 0 radical (unpaired) electrons. The zero-order chi connectivity index (χ0) is 32.3. The molecule has 0 fully saturated rings. The Morgan fingerprint density at radius 2 is 1.66 bits per heavy atom. The van der Waals surface area contributed by atoms with Gasteiger partial charge in [-0.05, 0) is 42.2 Å². The lowest BCUT2D eigenvalue weighted by molar-refractivity contribution is -0.132. The Balaban J connectivity index is 1.75. The van der Waals surface area contributed by atoms with Crippen LogP contribution in [0.4, 0.5) is 8.78 Å². The van der Waals surface area contributed by atoms with E-state index >= 15 is 4.39 Å². The van der Waals surface area contributed by atoms with Crippen LogP contribution in [0.2, 0.25) is 0 Å². The molecule has 8 nitrogen and oxygen atoms in total. The van der Waals surface area contributed by atoms with E-state index in [1.165, 1.54) is 41.3 Å². The fraction of sp³-hybridized carbons (Fsp3) is 0.344. The van der Waals surface area contributed by atoms with Crippen molar-refractivity contribution in [2.75, 3.05) is 18.8 Å². The van der Waals surface area contributed by atoms with E-state index in [2.05, 4.69) is 17.9 Å². The van der Waals surface area contributed by atoms with Crippen molar-refractivity contribution in [3.63, 3.8) is 0 Å². The van der Waals surface area contributed by atoms with Crippen molar-refractivity contribution in [2.24, 2.45) is 5.92 Å². The predicted molar refractivity (Wildman–Crippen MR) is 168 cm³/mol. The SMILES string of the molecule is CCCCC(=O)N(CCNC(=O)[C@@H](CS)Cc1ccccc1F)Cc1ccc(-c2ccccc2S(=O)(=O)NC(C)=O)cc1F. The Morgan fingerprint density at radius 1 is 0.955 bits per heavy atom. The van der Waals surface area contributed by atoms with Crippen LogP contribution in [0, 0.1) is 17.6 Å². The molecule has 0 aliphatic rings. The third kappa shape index (κ3) is 9.62. The number of nitrogens with zero attached hydrogens (tertiary/aromatic N) is 1. The number of thiol groups is 1. The number of hydrogen-bond acceptors (Lipinski definition) is 6. The van der Waals surface area contributed by atoms with Gasteiger partial charge in [-0.2, -0.15) is 12.6 Å². The largest absolute Gasteiger partial charge is 0.354 e. The van der Waals surface area contributed by atoms with Crippen molar-refractivity contribution in [2.45, 2.75) is 51.0 Å². The molecule has 44 heavy (non-hydrogen) atoms. The molecule has 3 rings (SSSR count). The van der Waals surface area contributed by atoms with E-state index < -0.39 is 33.5 Å². The molecule has 0 unspecified atom stereocenters. The molecule has 0 saturated carbocycles. The topological polar surface area (TPSA) is 113 Å². The monoisotopic (exact) mass is 645 g/mol. The summed E-state index contributed by atoms with van der Waals surface area (Å²) in [5.41, 5.74) is 1.10. The molecule has 1 atom stereocenters. The molecule has 236 valence electrons. The second kappa shape index (κ2) is 16.3. The number of carbonyl (C=O) groups is 3. The van der Waals surface area contributed by atoms with E-state index in [0.29, 0.717) is 12.0 Å². The first-order valence-electron chi connectivity index (χ1n) is 14.3. The van der Waals surface area contributed by atoms with Crippen LogP contribution in [-0.2, 0) is 37.4 Å². The number of hydrogen-bond donors (Lipinski definition) is 3. The lowest BCUT2D eigenvalue weighted by Gasteiger charge is -2.24. The van der Waals surface area contributed by atoms with Gasteiger partial charge in [0.15, 0.2) is 0 Å². The van der Waals surface area contributed by atoms with Crippen molar-refractivity contribution in [1.29, 1.82) is 0 Å². The van der Waals surface area contributed by atoms with Gasteiger partial charge in [0.1, 0.15) is 11.6 Å². The third-order valence-corrected chi connectivity index (χ3v) is 8.91. The molecule has 12 heteroatoms. The van der Waals surface area contributed by atoms with Gasteiger partial charge in [0, 0.05) is 49.9 Å². The zero-order valence-electron chi connectivity index (χ0n) is 24.7. The lowest BCUT2D eigenvalue weighted by atomic mass is 9.99.